The number of thiazole rings is 1. The minimum absolute atomic E-state index is 0.169. The molecule has 3 aromatic rings. The number of aryl methyl sites for hydroxylation is 1. The third-order valence-corrected chi connectivity index (χ3v) is 10.4. The third kappa shape index (κ3) is 5.11. The van der Waals surface area contributed by atoms with Crippen LogP contribution in [0.4, 0.5) is 5.13 Å². The first kappa shape index (κ1) is 24.6. The highest BCUT2D eigenvalue weighted by molar-refractivity contribution is 7.91. The van der Waals surface area contributed by atoms with Gasteiger partial charge in [0, 0.05) is 19.6 Å². The summed E-state index contributed by atoms with van der Waals surface area (Å²) in [6.07, 6.45) is 2.01. The van der Waals surface area contributed by atoms with Gasteiger partial charge in [0.05, 0.1) is 14.6 Å². The van der Waals surface area contributed by atoms with Gasteiger partial charge in [-0.25, -0.2) is 13.4 Å². The van der Waals surface area contributed by atoms with Crippen LogP contribution in [0.1, 0.15) is 24.8 Å². The number of amides is 1. The maximum absolute atomic E-state index is 13.9. The topological polar surface area (TPSA) is 73.8 Å². The molecule has 1 amide bonds. The highest BCUT2D eigenvalue weighted by Gasteiger charge is 2.41. The van der Waals surface area contributed by atoms with Crippen LogP contribution in [0.25, 0.3) is 10.2 Å². The second-order valence-corrected chi connectivity index (χ2v) is 13.2. The van der Waals surface area contributed by atoms with Crippen molar-refractivity contribution >= 4 is 65.6 Å². The Labute approximate surface area is 207 Å². The van der Waals surface area contributed by atoms with Gasteiger partial charge >= 0.3 is 0 Å². The van der Waals surface area contributed by atoms with Crippen molar-refractivity contribution < 1.29 is 13.2 Å². The molecule has 11 heteroatoms. The lowest BCUT2D eigenvalue weighted by atomic mass is 10.0. The largest absolute Gasteiger partial charge is 0.308 e. The van der Waals surface area contributed by atoms with Crippen molar-refractivity contribution in [3.8, 4) is 0 Å². The number of carbonyl (C=O) groups excluding carboxylic acids is 1. The van der Waals surface area contributed by atoms with E-state index in [1.807, 2.05) is 44.1 Å². The van der Waals surface area contributed by atoms with Gasteiger partial charge in [-0.05, 0) is 57.6 Å². The van der Waals surface area contributed by atoms with Crippen LogP contribution in [0.3, 0.4) is 0 Å². The van der Waals surface area contributed by atoms with E-state index >= 15 is 0 Å². The van der Waals surface area contributed by atoms with Crippen molar-refractivity contribution in [2.24, 2.45) is 0 Å². The SMILES string of the molecule is Cc1cccc2sc(N(CCN(C)C)C(=O)C3CCCCN3S(=O)(=O)c3ccc(Cl)s3)nc12. The minimum atomic E-state index is -3.82. The molecule has 1 atom stereocenters. The molecule has 3 heterocycles. The average molecular weight is 527 g/mol. The zero-order valence-corrected chi connectivity index (χ0v) is 22.0. The number of sulfonamides is 1. The Morgan fingerprint density at radius 2 is 1.97 bits per heavy atom. The number of rotatable bonds is 7. The number of piperidine rings is 1. The van der Waals surface area contributed by atoms with Gasteiger partial charge in [-0.1, -0.05) is 41.5 Å². The predicted octanol–water partition coefficient (Wildman–Crippen LogP) is 4.46. The molecule has 4 rings (SSSR count). The van der Waals surface area contributed by atoms with Gasteiger partial charge in [0.1, 0.15) is 10.3 Å². The number of para-hydroxylation sites is 1. The second kappa shape index (κ2) is 9.97. The molecule has 0 radical (unpaired) electrons. The summed E-state index contributed by atoms with van der Waals surface area (Å²) in [4.78, 5) is 22.4. The van der Waals surface area contributed by atoms with Gasteiger partial charge in [0.25, 0.3) is 10.0 Å². The summed E-state index contributed by atoms with van der Waals surface area (Å²) in [6.45, 7) is 3.38. The number of halogens is 1. The summed E-state index contributed by atoms with van der Waals surface area (Å²) < 4.78 is 29.8. The van der Waals surface area contributed by atoms with E-state index in [-0.39, 0.29) is 10.1 Å². The summed E-state index contributed by atoms with van der Waals surface area (Å²) in [7, 11) is 0.0737. The number of thiophene rings is 1. The normalized spacial score (nSPS) is 17.7. The van der Waals surface area contributed by atoms with Crippen molar-refractivity contribution in [2.75, 3.05) is 38.6 Å². The molecule has 0 spiro atoms. The summed E-state index contributed by atoms with van der Waals surface area (Å²) in [5.74, 6) is -0.223. The fourth-order valence-electron chi connectivity index (χ4n) is 3.96. The van der Waals surface area contributed by atoms with Crippen molar-refractivity contribution in [1.29, 1.82) is 0 Å². The lowest BCUT2D eigenvalue weighted by molar-refractivity contribution is -0.123. The molecule has 0 N–H and O–H groups in total. The zero-order valence-electron chi connectivity index (χ0n) is 18.8. The van der Waals surface area contributed by atoms with E-state index in [0.29, 0.717) is 35.5 Å². The number of aromatic nitrogens is 1. The Morgan fingerprint density at radius 1 is 1.18 bits per heavy atom. The van der Waals surface area contributed by atoms with E-state index in [9.17, 15) is 13.2 Å². The lowest BCUT2D eigenvalue weighted by Gasteiger charge is -2.36. The van der Waals surface area contributed by atoms with Gasteiger partial charge in [0.15, 0.2) is 5.13 Å². The second-order valence-electron chi connectivity index (χ2n) is 8.40. The minimum Gasteiger partial charge on any atom is -0.308 e. The summed E-state index contributed by atoms with van der Waals surface area (Å²) in [5.41, 5.74) is 1.92. The van der Waals surface area contributed by atoms with Gasteiger partial charge in [0.2, 0.25) is 5.91 Å². The van der Waals surface area contributed by atoms with Crippen molar-refractivity contribution in [3.05, 3.63) is 40.2 Å². The molecule has 0 aliphatic carbocycles. The number of nitrogens with zero attached hydrogens (tertiary/aromatic N) is 4. The molecule has 1 saturated heterocycles. The van der Waals surface area contributed by atoms with Gasteiger partial charge in [-0.15, -0.1) is 11.3 Å². The van der Waals surface area contributed by atoms with Crippen molar-refractivity contribution in [3.63, 3.8) is 0 Å². The molecular formula is C22H27ClN4O3S3. The smallest absolute Gasteiger partial charge is 0.253 e. The zero-order chi connectivity index (χ0) is 23.8. The average Bonchev–Trinajstić information content (AvgIpc) is 3.41. The Hall–Kier alpha value is -1.56. The third-order valence-electron chi connectivity index (χ3n) is 5.73. The van der Waals surface area contributed by atoms with E-state index in [2.05, 4.69) is 0 Å². The molecule has 1 aliphatic heterocycles. The van der Waals surface area contributed by atoms with Crippen molar-refractivity contribution in [1.82, 2.24) is 14.2 Å². The van der Waals surface area contributed by atoms with Gasteiger partial charge in [-0.2, -0.15) is 4.31 Å². The van der Waals surface area contributed by atoms with Gasteiger partial charge < -0.3 is 4.90 Å². The van der Waals surface area contributed by atoms with E-state index in [1.54, 1.807) is 11.0 Å². The van der Waals surface area contributed by atoms with Crippen LogP contribution in [0.2, 0.25) is 4.34 Å². The first-order valence-electron chi connectivity index (χ1n) is 10.8. The standard InChI is InChI=1S/C22H27ClN4O3S3/c1-15-7-6-9-17-20(15)24-22(31-17)26(14-13-25(2)3)21(28)16-8-4-5-12-27(16)33(29,30)19-11-10-18(23)32-19/h6-7,9-11,16H,4-5,8,12-14H2,1-3H3. The van der Waals surface area contributed by atoms with E-state index in [0.717, 1.165) is 40.0 Å². The molecule has 1 unspecified atom stereocenters. The number of hydrogen-bond donors (Lipinski definition) is 0. The van der Waals surface area contributed by atoms with Crippen LogP contribution in [0, 0.1) is 6.92 Å². The Balaban J connectivity index is 1.71. The summed E-state index contributed by atoms with van der Waals surface area (Å²) in [6, 6.07) is 8.30. The lowest BCUT2D eigenvalue weighted by Crippen LogP contribution is -2.53. The van der Waals surface area contributed by atoms with Crippen LogP contribution in [0.15, 0.2) is 34.5 Å². The van der Waals surface area contributed by atoms with Crippen LogP contribution in [0.5, 0.6) is 0 Å². The van der Waals surface area contributed by atoms with Gasteiger partial charge in [-0.3, -0.25) is 9.69 Å². The molecule has 0 saturated carbocycles. The molecule has 7 nitrogen and oxygen atoms in total. The number of fused-ring (bicyclic) bond motifs is 1. The molecule has 2 aromatic heterocycles. The maximum atomic E-state index is 13.9. The first-order chi connectivity index (χ1) is 15.7. The summed E-state index contributed by atoms with van der Waals surface area (Å²) >= 11 is 8.49. The van der Waals surface area contributed by atoms with E-state index < -0.39 is 16.1 Å². The van der Waals surface area contributed by atoms with Crippen LogP contribution >= 0.6 is 34.3 Å². The number of likely N-dealkylation sites (N-methyl/N-ethyl adjacent to an activating group) is 1. The molecule has 1 aliphatic rings. The Morgan fingerprint density at radius 3 is 2.64 bits per heavy atom. The molecule has 1 aromatic carbocycles. The molecule has 178 valence electrons. The molecule has 0 bridgehead atoms. The highest BCUT2D eigenvalue weighted by atomic mass is 35.5. The molecule has 1 fully saturated rings. The van der Waals surface area contributed by atoms with Crippen LogP contribution < -0.4 is 4.90 Å². The number of anilines is 1. The number of hydrogen-bond acceptors (Lipinski definition) is 7. The fourth-order valence-corrected chi connectivity index (χ4v) is 8.30. The Bertz CT molecular complexity index is 1250. The first-order valence-corrected chi connectivity index (χ1v) is 14.2. The van der Waals surface area contributed by atoms with E-state index in [4.69, 9.17) is 16.6 Å². The predicted molar refractivity (Wildman–Crippen MR) is 136 cm³/mol. The molecular weight excluding hydrogens is 500 g/mol. The number of benzene rings is 1. The van der Waals surface area contributed by atoms with Crippen LogP contribution in [-0.2, 0) is 14.8 Å². The highest BCUT2D eigenvalue weighted by Crippen LogP contribution is 2.35. The fraction of sp³-hybridized carbons (Fsp3) is 0.455. The number of carbonyl (C=O) groups is 1. The quantitative estimate of drug-likeness (QED) is 0.454. The maximum Gasteiger partial charge on any atom is 0.253 e. The van der Waals surface area contributed by atoms with Crippen molar-refractivity contribution in [2.45, 2.75) is 36.4 Å². The summed E-state index contributed by atoms with van der Waals surface area (Å²) in [5, 5.41) is 0.605. The van der Waals surface area contributed by atoms with E-state index in [1.165, 1.54) is 21.7 Å². The molecule has 33 heavy (non-hydrogen) atoms. The Kier molecular flexibility index (Phi) is 7.42. The van der Waals surface area contributed by atoms with Crippen LogP contribution in [-0.4, -0.2) is 68.3 Å². The monoisotopic (exact) mass is 526 g/mol.